The normalized spacial score (nSPS) is 16.0. The van der Waals surface area contributed by atoms with Crippen molar-refractivity contribution in [2.45, 2.75) is 19.8 Å². The summed E-state index contributed by atoms with van der Waals surface area (Å²) < 4.78 is 12.6. The summed E-state index contributed by atoms with van der Waals surface area (Å²) in [6, 6.07) is 5.39. The van der Waals surface area contributed by atoms with Gasteiger partial charge in [-0.3, -0.25) is 4.79 Å². The fourth-order valence-electron chi connectivity index (χ4n) is 1.40. The van der Waals surface area contributed by atoms with Crippen LogP contribution in [0.4, 0.5) is 4.39 Å². The van der Waals surface area contributed by atoms with E-state index in [1.54, 1.807) is 0 Å². The number of rotatable bonds is 3. The van der Waals surface area contributed by atoms with Crippen LogP contribution in [0.25, 0.3) is 0 Å². The first-order chi connectivity index (χ1) is 7.66. The molecule has 0 aliphatic heterocycles. The quantitative estimate of drug-likeness (QED) is 0.616. The molecule has 1 aromatic rings. The molecule has 1 saturated carbocycles. The maximum atomic E-state index is 12.6. The monoisotopic (exact) mass is 220 g/mol. The van der Waals surface area contributed by atoms with Gasteiger partial charge in [-0.05, 0) is 49.9 Å². The standard InChI is InChI=1S/C12H13FN2O/c1-8(9-2-3-9)14-15-12(16)10-4-6-11(13)7-5-10/h4-7,9H,2-3H2,1H3,(H,15,16). The fraction of sp³-hybridized carbons (Fsp3) is 0.333. The molecule has 0 unspecified atom stereocenters. The number of carbonyl (C=O) groups excluding carboxylic acids is 1. The molecule has 1 amide bonds. The lowest BCUT2D eigenvalue weighted by Crippen LogP contribution is -2.19. The van der Waals surface area contributed by atoms with E-state index in [2.05, 4.69) is 10.5 Å². The van der Waals surface area contributed by atoms with Crippen LogP contribution >= 0.6 is 0 Å². The van der Waals surface area contributed by atoms with Crippen molar-refractivity contribution in [3.8, 4) is 0 Å². The average Bonchev–Trinajstić information content (AvgIpc) is 3.10. The zero-order chi connectivity index (χ0) is 11.5. The maximum absolute atomic E-state index is 12.6. The summed E-state index contributed by atoms with van der Waals surface area (Å²) in [6.45, 7) is 1.91. The van der Waals surface area contributed by atoms with E-state index in [0.717, 1.165) is 18.6 Å². The SMILES string of the molecule is CC(=NNC(=O)c1ccc(F)cc1)C1CC1. The molecular weight excluding hydrogens is 207 g/mol. The van der Waals surface area contributed by atoms with E-state index < -0.39 is 0 Å². The molecule has 0 spiro atoms. The number of nitrogens with zero attached hydrogens (tertiary/aromatic N) is 1. The van der Waals surface area contributed by atoms with E-state index in [1.165, 1.54) is 24.3 Å². The summed E-state index contributed by atoms with van der Waals surface area (Å²) in [6.07, 6.45) is 2.31. The molecule has 1 aliphatic carbocycles. The van der Waals surface area contributed by atoms with Crippen LogP contribution in [-0.4, -0.2) is 11.6 Å². The molecule has 0 aromatic heterocycles. The first kappa shape index (κ1) is 10.8. The van der Waals surface area contributed by atoms with Gasteiger partial charge in [0.25, 0.3) is 5.91 Å². The third-order valence-electron chi connectivity index (χ3n) is 2.61. The van der Waals surface area contributed by atoms with Gasteiger partial charge in [0.2, 0.25) is 0 Å². The van der Waals surface area contributed by atoms with Gasteiger partial charge in [0, 0.05) is 11.3 Å². The lowest BCUT2D eigenvalue weighted by Gasteiger charge is -2.01. The highest BCUT2D eigenvalue weighted by atomic mass is 19.1. The molecule has 0 saturated heterocycles. The van der Waals surface area contributed by atoms with Gasteiger partial charge in [-0.25, -0.2) is 9.82 Å². The first-order valence-corrected chi connectivity index (χ1v) is 5.27. The van der Waals surface area contributed by atoms with Crippen molar-refractivity contribution in [1.29, 1.82) is 0 Å². The van der Waals surface area contributed by atoms with Crippen LogP contribution in [0.15, 0.2) is 29.4 Å². The van der Waals surface area contributed by atoms with Gasteiger partial charge in [0.1, 0.15) is 5.82 Å². The number of amides is 1. The zero-order valence-corrected chi connectivity index (χ0v) is 9.03. The molecule has 1 aromatic carbocycles. The van der Waals surface area contributed by atoms with E-state index >= 15 is 0 Å². The Morgan fingerprint density at radius 1 is 1.38 bits per heavy atom. The molecule has 1 N–H and O–H groups in total. The number of hydrogen-bond donors (Lipinski definition) is 1. The van der Waals surface area contributed by atoms with Crippen LogP contribution in [0, 0.1) is 11.7 Å². The number of halogens is 1. The Bertz CT molecular complexity index is 421. The van der Waals surface area contributed by atoms with Crippen LogP contribution in [0.2, 0.25) is 0 Å². The molecule has 0 heterocycles. The average molecular weight is 220 g/mol. The minimum atomic E-state index is -0.353. The number of hydrazone groups is 1. The lowest BCUT2D eigenvalue weighted by atomic mass is 10.2. The Kier molecular flexibility index (Phi) is 2.99. The fourth-order valence-corrected chi connectivity index (χ4v) is 1.40. The maximum Gasteiger partial charge on any atom is 0.271 e. The highest BCUT2D eigenvalue weighted by Gasteiger charge is 2.24. The second-order valence-electron chi connectivity index (χ2n) is 3.98. The summed E-state index contributed by atoms with van der Waals surface area (Å²) in [5.74, 6) is -0.122. The molecule has 1 fully saturated rings. The Balaban J connectivity index is 1.97. The van der Waals surface area contributed by atoms with Crippen LogP contribution < -0.4 is 5.43 Å². The minimum Gasteiger partial charge on any atom is -0.267 e. The summed E-state index contributed by atoms with van der Waals surface area (Å²) >= 11 is 0. The summed E-state index contributed by atoms with van der Waals surface area (Å²) in [7, 11) is 0. The molecule has 16 heavy (non-hydrogen) atoms. The second kappa shape index (κ2) is 4.43. The first-order valence-electron chi connectivity index (χ1n) is 5.27. The Labute approximate surface area is 93.4 Å². The smallest absolute Gasteiger partial charge is 0.267 e. The summed E-state index contributed by atoms with van der Waals surface area (Å²) in [4.78, 5) is 11.6. The van der Waals surface area contributed by atoms with E-state index in [9.17, 15) is 9.18 Å². The van der Waals surface area contributed by atoms with E-state index in [-0.39, 0.29) is 11.7 Å². The van der Waals surface area contributed by atoms with Crippen molar-refractivity contribution in [2.75, 3.05) is 0 Å². The summed E-state index contributed by atoms with van der Waals surface area (Å²) in [5.41, 5.74) is 3.83. The van der Waals surface area contributed by atoms with Gasteiger partial charge in [0.15, 0.2) is 0 Å². The van der Waals surface area contributed by atoms with Crippen molar-refractivity contribution < 1.29 is 9.18 Å². The topological polar surface area (TPSA) is 41.5 Å². The highest BCUT2D eigenvalue weighted by molar-refractivity contribution is 5.95. The molecule has 1 aliphatic rings. The molecule has 2 rings (SSSR count). The van der Waals surface area contributed by atoms with E-state index in [4.69, 9.17) is 0 Å². The minimum absolute atomic E-state index is 0.306. The molecule has 0 bridgehead atoms. The predicted molar refractivity (Wildman–Crippen MR) is 59.7 cm³/mol. The summed E-state index contributed by atoms with van der Waals surface area (Å²) in [5, 5.41) is 4.01. The molecule has 0 radical (unpaired) electrons. The van der Waals surface area contributed by atoms with Crippen molar-refractivity contribution in [3.05, 3.63) is 35.6 Å². The van der Waals surface area contributed by atoms with Crippen LogP contribution in [0.3, 0.4) is 0 Å². The number of carbonyl (C=O) groups is 1. The van der Waals surface area contributed by atoms with E-state index in [0.29, 0.717) is 11.5 Å². The lowest BCUT2D eigenvalue weighted by molar-refractivity contribution is 0.0954. The van der Waals surface area contributed by atoms with Crippen LogP contribution in [-0.2, 0) is 0 Å². The van der Waals surface area contributed by atoms with Gasteiger partial charge in [-0.15, -0.1) is 0 Å². The molecule has 0 atom stereocenters. The Morgan fingerprint density at radius 3 is 2.56 bits per heavy atom. The largest absolute Gasteiger partial charge is 0.271 e. The number of hydrogen-bond acceptors (Lipinski definition) is 2. The van der Waals surface area contributed by atoms with Gasteiger partial charge in [-0.1, -0.05) is 0 Å². The number of nitrogens with one attached hydrogen (secondary N) is 1. The van der Waals surface area contributed by atoms with Crippen LogP contribution in [0.5, 0.6) is 0 Å². The van der Waals surface area contributed by atoms with Gasteiger partial charge >= 0.3 is 0 Å². The van der Waals surface area contributed by atoms with Gasteiger partial charge in [0.05, 0.1) is 0 Å². The van der Waals surface area contributed by atoms with Gasteiger partial charge in [-0.2, -0.15) is 5.10 Å². The highest BCUT2D eigenvalue weighted by Crippen LogP contribution is 2.30. The van der Waals surface area contributed by atoms with Crippen molar-refractivity contribution in [1.82, 2.24) is 5.43 Å². The zero-order valence-electron chi connectivity index (χ0n) is 9.03. The third-order valence-corrected chi connectivity index (χ3v) is 2.61. The number of benzene rings is 1. The molecule has 4 heteroatoms. The Hall–Kier alpha value is -1.71. The van der Waals surface area contributed by atoms with E-state index in [1.807, 2.05) is 6.92 Å². The van der Waals surface area contributed by atoms with Crippen molar-refractivity contribution in [3.63, 3.8) is 0 Å². The molecule has 3 nitrogen and oxygen atoms in total. The Morgan fingerprint density at radius 2 is 2.00 bits per heavy atom. The van der Waals surface area contributed by atoms with Crippen molar-refractivity contribution in [2.24, 2.45) is 11.0 Å². The van der Waals surface area contributed by atoms with Crippen molar-refractivity contribution >= 4 is 11.6 Å². The predicted octanol–water partition coefficient (Wildman–Crippen LogP) is 2.34. The molecular formula is C12H13FN2O. The van der Waals surface area contributed by atoms with Gasteiger partial charge < -0.3 is 0 Å². The molecule has 84 valence electrons. The second-order valence-corrected chi connectivity index (χ2v) is 3.98. The third kappa shape index (κ3) is 2.66. The van der Waals surface area contributed by atoms with Crippen LogP contribution in [0.1, 0.15) is 30.1 Å².